The van der Waals surface area contributed by atoms with Gasteiger partial charge in [0.1, 0.15) is 5.03 Å². The van der Waals surface area contributed by atoms with E-state index in [0.29, 0.717) is 10.0 Å². The van der Waals surface area contributed by atoms with Crippen LogP contribution in [-0.2, 0) is 0 Å². The Balaban J connectivity index is 2.09. The molecule has 1 N–H and O–H groups in total. The van der Waals surface area contributed by atoms with E-state index in [1.54, 1.807) is 30.6 Å². The summed E-state index contributed by atoms with van der Waals surface area (Å²) < 4.78 is 0. The number of rotatable bonds is 3. The molecular weight excluding hydrogens is 308 g/mol. The van der Waals surface area contributed by atoms with Gasteiger partial charge in [-0.25, -0.2) is 9.78 Å². The van der Waals surface area contributed by atoms with Crippen molar-refractivity contribution in [2.24, 2.45) is 0 Å². The average Bonchev–Trinajstić information content (AvgIpc) is 2.47. The number of aromatic nitrogens is 2. The highest BCUT2D eigenvalue weighted by Gasteiger charge is 2.13. The molecule has 3 rings (SSSR count). The van der Waals surface area contributed by atoms with Crippen molar-refractivity contribution in [3.63, 3.8) is 0 Å². The van der Waals surface area contributed by atoms with Crippen molar-refractivity contribution in [2.45, 2.75) is 9.92 Å². The molecule has 3 aromatic rings. The number of carbonyl (C=O) groups is 1. The maximum Gasteiger partial charge on any atom is 0.338 e. The Kier molecular flexibility index (Phi) is 3.77. The van der Waals surface area contributed by atoms with Crippen molar-refractivity contribution < 1.29 is 9.90 Å². The van der Waals surface area contributed by atoms with Gasteiger partial charge in [-0.1, -0.05) is 29.4 Å². The zero-order valence-electron chi connectivity index (χ0n) is 10.7. The lowest BCUT2D eigenvalue weighted by molar-refractivity contribution is 0.0692. The first-order chi connectivity index (χ1) is 10.1. The molecule has 0 fully saturated rings. The van der Waals surface area contributed by atoms with Crippen molar-refractivity contribution >= 4 is 40.2 Å². The third-order valence-electron chi connectivity index (χ3n) is 2.87. The molecule has 0 aliphatic rings. The zero-order valence-corrected chi connectivity index (χ0v) is 12.2. The lowest BCUT2D eigenvalue weighted by Gasteiger charge is -2.07. The van der Waals surface area contributed by atoms with Gasteiger partial charge in [0.15, 0.2) is 0 Å². The maximum atomic E-state index is 11.2. The predicted molar refractivity (Wildman–Crippen MR) is 82.1 cm³/mol. The Morgan fingerprint density at radius 2 is 2.00 bits per heavy atom. The van der Waals surface area contributed by atoms with Crippen LogP contribution in [0.3, 0.4) is 0 Å². The standard InChI is InChI=1S/C15H9ClN2O2S/c16-9-3-4-10-12(8-9)17-7-5-13(10)21-14-11(15(19)20)2-1-6-18-14/h1-8H,(H,19,20). The number of halogens is 1. The summed E-state index contributed by atoms with van der Waals surface area (Å²) >= 11 is 7.26. The van der Waals surface area contributed by atoms with Crippen LogP contribution in [0.5, 0.6) is 0 Å². The number of nitrogens with zero attached hydrogens (tertiary/aromatic N) is 2. The van der Waals surface area contributed by atoms with Gasteiger partial charge in [0.25, 0.3) is 0 Å². The average molecular weight is 317 g/mol. The second-order valence-electron chi connectivity index (χ2n) is 4.23. The topological polar surface area (TPSA) is 63.1 Å². The number of hydrogen-bond donors (Lipinski definition) is 1. The second kappa shape index (κ2) is 5.71. The number of carboxylic acids is 1. The van der Waals surface area contributed by atoms with Gasteiger partial charge in [0.2, 0.25) is 0 Å². The molecule has 0 aliphatic carbocycles. The summed E-state index contributed by atoms with van der Waals surface area (Å²) in [5, 5.41) is 11.2. The van der Waals surface area contributed by atoms with Crippen LogP contribution >= 0.6 is 23.4 Å². The van der Waals surface area contributed by atoms with Gasteiger partial charge in [0.05, 0.1) is 11.1 Å². The molecule has 104 valence electrons. The van der Waals surface area contributed by atoms with Gasteiger partial charge < -0.3 is 5.11 Å². The molecule has 0 aliphatic heterocycles. The Hall–Kier alpha value is -2.11. The van der Waals surface area contributed by atoms with Crippen molar-refractivity contribution in [3.8, 4) is 0 Å². The summed E-state index contributed by atoms with van der Waals surface area (Å²) in [5.74, 6) is -0.994. The van der Waals surface area contributed by atoms with Crippen molar-refractivity contribution in [3.05, 3.63) is 59.4 Å². The molecule has 6 heteroatoms. The number of fused-ring (bicyclic) bond motifs is 1. The van der Waals surface area contributed by atoms with Gasteiger partial charge in [-0.3, -0.25) is 4.98 Å². The number of hydrogen-bond acceptors (Lipinski definition) is 4. The van der Waals surface area contributed by atoms with E-state index in [2.05, 4.69) is 9.97 Å². The summed E-state index contributed by atoms with van der Waals surface area (Å²) in [6.07, 6.45) is 3.25. The minimum absolute atomic E-state index is 0.182. The molecule has 0 saturated carbocycles. The molecule has 0 radical (unpaired) electrons. The molecule has 0 unspecified atom stereocenters. The van der Waals surface area contributed by atoms with E-state index in [1.165, 1.54) is 17.8 Å². The molecule has 0 atom stereocenters. The lowest BCUT2D eigenvalue weighted by atomic mass is 10.2. The van der Waals surface area contributed by atoms with Gasteiger partial charge in [-0.15, -0.1) is 0 Å². The largest absolute Gasteiger partial charge is 0.478 e. The fourth-order valence-corrected chi connectivity index (χ4v) is 3.09. The van der Waals surface area contributed by atoms with Crippen LogP contribution in [0, 0.1) is 0 Å². The van der Waals surface area contributed by atoms with E-state index < -0.39 is 5.97 Å². The van der Waals surface area contributed by atoms with Crippen molar-refractivity contribution in [1.29, 1.82) is 0 Å². The Morgan fingerprint density at radius 1 is 1.14 bits per heavy atom. The summed E-state index contributed by atoms with van der Waals surface area (Å²) in [7, 11) is 0. The first-order valence-corrected chi connectivity index (χ1v) is 7.25. The van der Waals surface area contributed by atoms with E-state index in [9.17, 15) is 9.90 Å². The fourth-order valence-electron chi connectivity index (χ4n) is 1.92. The van der Waals surface area contributed by atoms with Gasteiger partial charge in [0, 0.05) is 27.7 Å². The fraction of sp³-hybridized carbons (Fsp3) is 0. The number of benzene rings is 1. The van der Waals surface area contributed by atoms with Crippen LogP contribution in [0.25, 0.3) is 10.9 Å². The van der Waals surface area contributed by atoms with Gasteiger partial charge in [-0.2, -0.15) is 0 Å². The summed E-state index contributed by atoms with van der Waals surface area (Å²) in [6.45, 7) is 0. The van der Waals surface area contributed by atoms with E-state index in [4.69, 9.17) is 11.6 Å². The number of aromatic carboxylic acids is 1. The third kappa shape index (κ3) is 2.84. The van der Waals surface area contributed by atoms with Crippen LogP contribution < -0.4 is 0 Å². The smallest absolute Gasteiger partial charge is 0.338 e. The normalized spacial score (nSPS) is 10.7. The summed E-state index contributed by atoms with van der Waals surface area (Å²) in [4.78, 5) is 20.5. The van der Waals surface area contributed by atoms with E-state index >= 15 is 0 Å². The van der Waals surface area contributed by atoms with Crippen molar-refractivity contribution in [2.75, 3.05) is 0 Å². The minimum atomic E-state index is -0.994. The van der Waals surface area contributed by atoms with E-state index in [-0.39, 0.29) is 5.56 Å². The number of pyridine rings is 2. The van der Waals surface area contributed by atoms with Crippen LogP contribution in [0.1, 0.15) is 10.4 Å². The molecule has 2 heterocycles. The highest BCUT2D eigenvalue weighted by Crippen LogP contribution is 2.34. The zero-order chi connectivity index (χ0) is 14.8. The highest BCUT2D eigenvalue weighted by atomic mass is 35.5. The van der Waals surface area contributed by atoms with E-state index in [0.717, 1.165) is 15.8 Å². The molecular formula is C15H9ClN2O2S. The summed E-state index contributed by atoms with van der Waals surface area (Å²) in [6, 6.07) is 10.4. The van der Waals surface area contributed by atoms with Gasteiger partial charge >= 0.3 is 5.97 Å². The van der Waals surface area contributed by atoms with Crippen LogP contribution in [-0.4, -0.2) is 21.0 Å². The summed E-state index contributed by atoms with van der Waals surface area (Å²) in [5.41, 5.74) is 0.946. The first-order valence-electron chi connectivity index (χ1n) is 6.05. The molecule has 0 amide bonds. The van der Waals surface area contributed by atoms with Crippen LogP contribution in [0.15, 0.2) is 58.7 Å². The van der Waals surface area contributed by atoms with Crippen LogP contribution in [0.2, 0.25) is 5.02 Å². The van der Waals surface area contributed by atoms with Gasteiger partial charge in [-0.05, 0) is 30.3 Å². The molecule has 0 bridgehead atoms. The molecule has 2 aromatic heterocycles. The number of carboxylic acid groups (broad SMARTS) is 1. The molecule has 4 nitrogen and oxygen atoms in total. The Bertz CT molecular complexity index is 839. The Labute approximate surface area is 129 Å². The SMILES string of the molecule is O=C(O)c1cccnc1Sc1ccnc2cc(Cl)ccc12. The molecule has 0 saturated heterocycles. The molecule has 1 aromatic carbocycles. The first kappa shape index (κ1) is 13.9. The maximum absolute atomic E-state index is 11.2. The Morgan fingerprint density at radius 3 is 2.81 bits per heavy atom. The molecule has 0 spiro atoms. The third-order valence-corrected chi connectivity index (χ3v) is 4.20. The quantitative estimate of drug-likeness (QED) is 0.787. The highest BCUT2D eigenvalue weighted by molar-refractivity contribution is 7.99. The predicted octanol–water partition coefficient (Wildman–Crippen LogP) is 4.13. The van der Waals surface area contributed by atoms with E-state index in [1.807, 2.05) is 12.1 Å². The minimum Gasteiger partial charge on any atom is -0.478 e. The monoisotopic (exact) mass is 316 g/mol. The lowest BCUT2D eigenvalue weighted by Crippen LogP contribution is -2.00. The van der Waals surface area contributed by atoms with Crippen molar-refractivity contribution in [1.82, 2.24) is 9.97 Å². The molecule has 21 heavy (non-hydrogen) atoms. The second-order valence-corrected chi connectivity index (χ2v) is 5.70. The van der Waals surface area contributed by atoms with Crippen LogP contribution in [0.4, 0.5) is 0 Å².